The number of methoxy groups -OCH3 is 1. The summed E-state index contributed by atoms with van der Waals surface area (Å²) in [5.41, 5.74) is 1.65. The van der Waals surface area contributed by atoms with Gasteiger partial charge in [-0.05, 0) is 18.2 Å². The molecule has 170 valence electrons. The van der Waals surface area contributed by atoms with Crippen LogP contribution in [0.4, 0.5) is 5.00 Å². The van der Waals surface area contributed by atoms with Crippen molar-refractivity contribution >= 4 is 51.7 Å². The Morgan fingerprint density at radius 2 is 1.67 bits per heavy atom. The van der Waals surface area contributed by atoms with E-state index in [9.17, 15) is 19.2 Å². The zero-order valence-corrected chi connectivity index (χ0v) is 19.0. The number of nitrogens with one attached hydrogen (secondary N) is 2. The number of hydrogen-bond acceptors (Lipinski definition) is 7. The highest BCUT2D eigenvalue weighted by atomic mass is 35.5. The molecular formula is C23H19ClN2O6S. The van der Waals surface area contributed by atoms with Gasteiger partial charge in [0, 0.05) is 27.1 Å². The predicted molar refractivity (Wildman–Crippen MR) is 124 cm³/mol. The van der Waals surface area contributed by atoms with Gasteiger partial charge in [0.05, 0.1) is 7.11 Å². The second-order valence-electron chi connectivity index (χ2n) is 6.58. The molecule has 0 aliphatic carbocycles. The van der Waals surface area contributed by atoms with Crippen LogP contribution in [0.5, 0.6) is 0 Å². The number of carbonyl (C=O) groups is 4. The summed E-state index contributed by atoms with van der Waals surface area (Å²) in [6.45, 7) is -0.996. The van der Waals surface area contributed by atoms with E-state index in [1.54, 1.807) is 60.0 Å². The van der Waals surface area contributed by atoms with Gasteiger partial charge in [0.15, 0.2) is 6.61 Å². The number of esters is 2. The number of amides is 2. The number of anilines is 1. The summed E-state index contributed by atoms with van der Waals surface area (Å²) in [6.07, 6.45) is 0. The van der Waals surface area contributed by atoms with Gasteiger partial charge < -0.3 is 20.1 Å². The van der Waals surface area contributed by atoms with Crippen molar-refractivity contribution in [3.8, 4) is 11.1 Å². The molecule has 1 aromatic heterocycles. The quantitative estimate of drug-likeness (QED) is 0.469. The number of ether oxygens (including phenoxy) is 2. The molecule has 0 bridgehead atoms. The molecular weight excluding hydrogens is 468 g/mol. The van der Waals surface area contributed by atoms with Crippen LogP contribution in [0.3, 0.4) is 0 Å². The fraction of sp³-hybridized carbons (Fsp3) is 0.130. The Hall–Kier alpha value is -3.69. The minimum Gasteiger partial charge on any atom is -0.465 e. The smallest absolute Gasteiger partial charge is 0.341 e. The molecule has 0 aliphatic rings. The third-order valence-electron chi connectivity index (χ3n) is 4.39. The first-order chi connectivity index (χ1) is 15.9. The number of halogens is 1. The number of benzene rings is 2. The summed E-state index contributed by atoms with van der Waals surface area (Å²) in [5.74, 6) is -2.53. The standard InChI is InChI=1S/C23H19ClN2O6S/c1-31-23(30)20-16(15-9-5-6-10-17(15)24)13-33-22(20)26-18(27)12-32-19(28)11-25-21(29)14-7-3-2-4-8-14/h2-10,13H,11-12H2,1H3,(H,25,29)(H,26,27). The molecule has 2 amide bonds. The topological polar surface area (TPSA) is 111 Å². The van der Waals surface area contributed by atoms with E-state index in [4.69, 9.17) is 21.1 Å². The van der Waals surface area contributed by atoms with Crippen molar-refractivity contribution in [2.75, 3.05) is 25.6 Å². The first-order valence-electron chi connectivity index (χ1n) is 9.64. The molecule has 0 atom stereocenters. The van der Waals surface area contributed by atoms with Crippen LogP contribution in [0.1, 0.15) is 20.7 Å². The van der Waals surface area contributed by atoms with Crippen molar-refractivity contribution in [2.24, 2.45) is 0 Å². The summed E-state index contributed by atoms with van der Waals surface area (Å²) in [5, 5.41) is 7.31. The first-order valence-corrected chi connectivity index (χ1v) is 10.9. The van der Waals surface area contributed by atoms with Crippen molar-refractivity contribution in [3.63, 3.8) is 0 Å². The normalized spacial score (nSPS) is 10.2. The fourth-order valence-corrected chi connectivity index (χ4v) is 4.04. The van der Waals surface area contributed by atoms with E-state index >= 15 is 0 Å². The van der Waals surface area contributed by atoms with Crippen LogP contribution in [0, 0.1) is 0 Å². The van der Waals surface area contributed by atoms with Crippen molar-refractivity contribution in [1.82, 2.24) is 5.32 Å². The van der Waals surface area contributed by atoms with Gasteiger partial charge in [-0.15, -0.1) is 11.3 Å². The van der Waals surface area contributed by atoms with Gasteiger partial charge in [-0.3, -0.25) is 14.4 Å². The summed E-state index contributed by atoms with van der Waals surface area (Å²) < 4.78 is 9.76. The number of rotatable bonds is 8. The minimum atomic E-state index is -0.787. The lowest BCUT2D eigenvalue weighted by atomic mass is 10.0. The molecule has 3 rings (SSSR count). The van der Waals surface area contributed by atoms with Crippen LogP contribution in [0.15, 0.2) is 60.0 Å². The van der Waals surface area contributed by atoms with Gasteiger partial charge in [-0.2, -0.15) is 0 Å². The Kier molecular flexibility index (Phi) is 8.17. The van der Waals surface area contributed by atoms with E-state index in [1.165, 1.54) is 7.11 Å². The number of hydrogen-bond donors (Lipinski definition) is 2. The molecule has 2 N–H and O–H groups in total. The molecule has 10 heteroatoms. The molecule has 2 aromatic carbocycles. The Morgan fingerprint density at radius 3 is 2.36 bits per heavy atom. The molecule has 0 unspecified atom stereocenters. The van der Waals surface area contributed by atoms with Gasteiger partial charge in [-0.1, -0.05) is 48.0 Å². The van der Waals surface area contributed by atoms with Crippen molar-refractivity contribution < 1.29 is 28.7 Å². The van der Waals surface area contributed by atoms with Gasteiger partial charge >= 0.3 is 11.9 Å². The Bertz CT molecular complexity index is 1180. The van der Waals surface area contributed by atoms with E-state index in [0.717, 1.165) is 11.3 Å². The zero-order valence-electron chi connectivity index (χ0n) is 17.4. The van der Waals surface area contributed by atoms with Crippen LogP contribution < -0.4 is 10.6 Å². The molecule has 0 saturated carbocycles. The fourth-order valence-electron chi connectivity index (χ4n) is 2.84. The van der Waals surface area contributed by atoms with E-state index in [1.807, 2.05) is 0 Å². The largest absolute Gasteiger partial charge is 0.465 e. The monoisotopic (exact) mass is 486 g/mol. The third kappa shape index (κ3) is 6.18. The molecule has 0 spiro atoms. The second kappa shape index (κ2) is 11.3. The average molecular weight is 487 g/mol. The van der Waals surface area contributed by atoms with Crippen LogP contribution >= 0.6 is 22.9 Å². The number of carbonyl (C=O) groups excluding carboxylic acids is 4. The van der Waals surface area contributed by atoms with Gasteiger partial charge in [-0.25, -0.2) is 4.79 Å². The maximum Gasteiger partial charge on any atom is 0.341 e. The van der Waals surface area contributed by atoms with Gasteiger partial charge in [0.1, 0.15) is 17.1 Å². The highest BCUT2D eigenvalue weighted by molar-refractivity contribution is 7.15. The summed E-state index contributed by atoms with van der Waals surface area (Å²) >= 11 is 7.36. The number of thiophene rings is 1. The molecule has 0 aliphatic heterocycles. The van der Waals surface area contributed by atoms with Gasteiger partial charge in [0.25, 0.3) is 11.8 Å². The van der Waals surface area contributed by atoms with Crippen molar-refractivity contribution in [2.45, 2.75) is 0 Å². The Morgan fingerprint density at radius 1 is 0.970 bits per heavy atom. The summed E-state index contributed by atoms with van der Waals surface area (Å²) in [7, 11) is 1.23. The lowest BCUT2D eigenvalue weighted by Crippen LogP contribution is -2.32. The van der Waals surface area contributed by atoms with E-state index < -0.39 is 36.9 Å². The van der Waals surface area contributed by atoms with E-state index in [0.29, 0.717) is 21.7 Å². The lowest BCUT2D eigenvalue weighted by molar-refractivity contribution is -0.146. The van der Waals surface area contributed by atoms with Crippen LogP contribution in [-0.4, -0.2) is 44.0 Å². The average Bonchev–Trinajstić information content (AvgIpc) is 3.24. The highest BCUT2D eigenvalue weighted by Crippen LogP contribution is 2.39. The lowest BCUT2D eigenvalue weighted by Gasteiger charge is -2.09. The maximum absolute atomic E-state index is 12.4. The molecule has 0 fully saturated rings. The van der Waals surface area contributed by atoms with E-state index in [-0.39, 0.29) is 10.6 Å². The molecule has 1 heterocycles. The maximum atomic E-state index is 12.4. The van der Waals surface area contributed by atoms with Crippen LogP contribution in [0.2, 0.25) is 5.02 Å². The molecule has 0 radical (unpaired) electrons. The van der Waals surface area contributed by atoms with Gasteiger partial charge in [0.2, 0.25) is 0 Å². The Balaban J connectivity index is 1.60. The van der Waals surface area contributed by atoms with Crippen molar-refractivity contribution in [1.29, 1.82) is 0 Å². The first kappa shape index (κ1) is 24.0. The minimum absolute atomic E-state index is 0.144. The zero-order chi connectivity index (χ0) is 23.8. The Labute approximate surface area is 198 Å². The molecule has 3 aromatic rings. The predicted octanol–water partition coefficient (Wildman–Crippen LogP) is 3.77. The molecule has 33 heavy (non-hydrogen) atoms. The highest BCUT2D eigenvalue weighted by Gasteiger charge is 2.23. The summed E-state index contributed by atoms with van der Waals surface area (Å²) in [4.78, 5) is 48.5. The van der Waals surface area contributed by atoms with Crippen molar-refractivity contribution in [3.05, 3.63) is 76.1 Å². The van der Waals surface area contributed by atoms with E-state index in [2.05, 4.69) is 10.6 Å². The summed E-state index contributed by atoms with van der Waals surface area (Å²) in [6, 6.07) is 15.3. The van der Waals surface area contributed by atoms with Crippen LogP contribution in [-0.2, 0) is 19.1 Å². The molecule has 0 saturated heterocycles. The third-order valence-corrected chi connectivity index (χ3v) is 5.62. The van der Waals surface area contributed by atoms with Crippen LogP contribution in [0.25, 0.3) is 11.1 Å². The second-order valence-corrected chi connectivity index (χ2v) is 7.87. The SMILES string of the molecule is COC(=O)c1c(-c2ccccc2Cl)csc1NC(=O)COC(=O)CNC(=O)c1ccccc1. The molecule has 8 nitrogen and oxygen atoms in total.